The smallest absolute Gasteiger partial charge is 0.171 e. The van der Waals surface area contributed by atoms with E-state index in [1.165, 1.54) is 13.2 Å². The van der Waals surface area contributed by atoms with E-state index in [-0.39, 0.29) is 11.3 Å². The second-order valence-corrected chi connectivity index (χ2v) is 4.76. The van der Waals surface area contributed by atoms with Gasteiger partial charge in [0, 0.05) is 5.56 Å². The number of aliphatic hydroxyl groups is 1. The average molecular weight is 260 g/mol. The van der Waals surface area contributed by atoms with Crippen molar-refractivity contribution in [1.82, 2.24) is 0 Å². The highest BCUT2D eigenvalue weighted by molar-refractivity contribution is 5.41. The van der Waals surface area contributed by atoms with Crippen molar-refractivity contribution < 1.29 is 14.2 Å². The topological polar surface area (TPSA) is 29.5 Å². The number of hydrogen-bond donors (Lipinski definition) is 1. The van der Waals surface area contributed by atoms with Crippen molar-refractivity contribution in [3.63, 3.8) is 0 Å². The van der Waals surface area contributed by atoms with E-state index in [2.05, 4.69) is 0 Å². The van der Waals surface area contributed by atoms with Crippen LogP contribution >= 0.6 is 0 Å². The fourth-order valence-corrected chi connectivity index (χ4v) is 2.15. The van der Waals surface area contributed by atoms with E-state index in [9.17, 15) is 9.50 Å². The van der Waals surface area contributed by atoms with Crippen LogP contribution in [0.4, 0.5) is 4.39 Å². The Kier molecular flexibility index (Phi) is 3.58. The summed E-state index contributed by atoms with van der Waals surface area (Å²) in [7, 11) is 1.41. The molecule has 0 saturated heterocycles. The predicted molar refractivity (Wildman–Crippen MR) is 72.8 cm³/mol. The van der Waals surface area contributed by atoms with Gasteiger partial charge < -0.3 is 9.84 Å². The maximum Gasteiger partial charge on any atom is 0.171 e. The number of rotatable bonds is 3. The van der Waals surface area contributed by atoms with Crippen LogP contribution in [0.25, 0.3) is 0 Å². The van der Waals surface area contributed by atoms with Gasteiger partial charge in [0.2, 0.25) is 0 Å². The number of ether oxygens (including phenoxy) is 1. The summed E-state index contributed by atoms with van der Waals surface area (Å²) in [4.78, 5) is 0. The molecule has 100 valence electrons. The molecule has 0 amide bonds. The van der Waals surface area contributed by atoms with Gasteiger partial charge in [-0.05, 0) is 25.5 Å². The van der Waals surface area contributed by atoms with Crippen LogP contribution in [0.5, 0.6) is 5.75 Å². The average Bonchev–Trinajstić information content (AvgIpc) is 2.38. The number of hydrogen-bond acceptors (Lipinski definition) is 2. The lowest BCUT2D eigenvalue weighted by Gasteiger charge is -2.26. The van der Waals surface area contributed by atoms with Gasteiger partial charge in [0.1, 0.15) is 5.60 Å². The third kappa shape index (κ3) is 2.47. The molecule has 1 unspecified atom stereocenters. The second kappa shape index (κ2) is 5.02. The van der Waals surface area contributed by atoms with E-state index < -0.39 is 11.4 Å². The highest BCUT2D eigenvalue weighted by atomic mass is 19.1. The van der Waals surface area contributed by atoms with Crippen molar-refractivity contribution in [2.24, 2.45) is 0 Å². The molecule has 2 aromatic rings. The Morgan fingerprint density at radius 2 is 1.84 bits per heavy atom. The molecule has 0 fully saturated rings. The fraction of sp³-hybridized carbons (Fsp3) is 0.250. The lowest BCUT2D eigenvalue weighted by Crippen LogP contribution is -2.24. The Labute approximate surface area is 112 Å². The number of methoxy groups -OCH3 is 1. The molecule has 0 aromatic heterocycles. The summed E-state index contributed by atoms with van der Waals surface area (Å²) in [6.45, 7) is 3.52. The monoisotopic (exact) mass is 260 g/mol. The zero-order valence-corrected chi connectivity index (χ0v) is 11.3. The summed E-state index contributed by atoms with van der Waals surface area (Å²) in [5.74, 6) is -0.401. The Morgan fingerprint density at radius 1 is 1.16 bits per heavy atom. The molecule has 3 heteroatoms. The van der Waals surface area contributed by atoms with Gasteiger partial charge in [0.05, 0.1) is 7.11 Å². The summed E-state index contributed by atoms with van der Waals surface area (Å²) in [6.07, 6.45) is 0. The molecule has 19 heavy (non-hydrogen) atoms. The van der Waals surface area contributed by atoms with Gasteiger partial charge in [-0.3, -0.25) is 0 Å². The Morgan fingerprint density at radius 3 is 2.47 bits per heavy atom. The first-order valence-corrected chi connectivity index (χ1v) is 6.09. The van der Waals surface area contributed by atoms with Crippen LogP contribution in [0.15, 0.2) is 42.5 Å². The predicted octanol–water partition coefficient (Wildman–Crippen LogP) is 3.40. The van der Waals surface area contributed by atoms with Crippen LogP contribution in [0.2, 0.25) is 0 Å². The standard InChI is InChI=1S/C16H17FO2/c1-11-6-4-7-12(10-11)16(2,18)13-8-5-9-14(19-3)15(13)17/h4-10,18H,1-3H3. The summed E-state index contributed by atoms with van der Waals surface area (Å²) in [5.41, 5.74) is 0.475. The molecule has 2 nitrogen and oxygen atoms in total. The normalized spacial score (nSPS) is 13.9. The first-order valence-electron chi connectivity index (χ1n) is 6.09. The van der Waals surface area contributed by atoms with Crippen molar-refractivity contribution >= 4 is 0 Å². The Hall–Kier alpha value is -1.87. The van der Waals surface area contributed by atoms with E-state index in [1.54, 1.807) is 25.1 Å². The van der Waals surface area contributed by atoms with Gasteiger partial charge in [0.25, 0.3) is 0 Å². The summed E-state index contributed by atoms with van der Waals surface area (Å²) < 4.78 is 19.2. The highest BCUT2D eigenvalue weighted by Gasteiger charge is 2.30. The summed E-state index contributed by atoms with van der Waals surface area (Å²) >= 11 is 0. The molecule has 0 spiro atoms. The van der Waals surface area contributed by atoms with Crippen molar-refractivity contribution in [1.29, 1.82) is 0 Å². The third-order valence-electron chi connectivity index (χ3n) is 3.29. The van der Waals surface area contributed by atoms with Gasteiger partial charge in [-0.1, -0.05) is 42.0 Å². The maximum atomic E-state index is 14.3. The molecular formula is C16H17FO2. The minimum Gasteiger partial charge on any atom is -0.494 e. The van der Waals surface area contributed by atoms with Gasteiger partial charge >= 0.3 is 0 Å². The molecule has 0 bridgehead atoms. The molecule has 1 atom stereocenters. The van der Waals surface area contributed by atoms with Crippen LogP contribution in [0, 0.1) is 12.7 Å². The first kappa shape index (κ1) is 13.6. The second-order valence-electron chi connectivity index (χ2n) is 4.76. The molecule has 0 aliphatic heterocycles. The summed E-state index contributed by atoms with van der Waals surface area (Å²) in [6, 6.07) is 12.2. The van der Waals surface area contributed by atoms with E-state index in [1.807, 2.05) is 25.1 Å². The van der Waals surface area contributed by atoms with E-state index in [0.717, 1.165) is 5.56 Å². The third-order valence-corrected chi connectivity index (χ3v) is 3.29. The molecule has 0 radical (unpaired) electrons. The van der Waals surface area contributed by atoms with Crippen molar-refractivity contribution in [2.45, 2.75) is 19.4 Å². The van der Waals surface area contributed by atoms with Crippen molar-refractivity contribution in [3.8, 4) is 5.75 Å². The zero-order chi connectivity index (χ0) is 14.0. The molecular weight excluding hydrogens is 243 g/mol. The molecule has 1 N–H and O–H groups in total. The minimum atomic E-state index is -1.40. The lowest BCUT2D eigenvalue weighted by atomic mass is 9.87. The lowest BCUT2D eigenvalue weighted by molar-refractivity contribution is 0.0972. The largest absolute Gasteiger partial charge is 0.494 e. The van der Waals surface area contributed by atoms with Gasteiger partial charge in [-0.15, -0.1) is 0 Å². The Bertz CT molecular complexity index is 591. The SMILES string of the molecule is COc1cccc(C(C)(O)c2cccc(C)c2)c1F. The minimum absolute atomic E-state index is 0.130. The number of halogens is 1. The molecule has 2 aromatic carbocycles. The molecule has 0 aliphatic rings. The van der Waals surface area contributed by atoms with E-state index in [4.69, 9.17) is 4.74 Å². The van der Waals surface area contributed by atoms with Crippen LogP contribution in [0.1, 0.15) is 23.6 Å². The molecule has 0 aliphatic carbocycles. The van der Waals surface area contributed by atoms with Gasteiger partial charge in [-0.25, -0.2) is 4.39 Å². The highest BCUT2D eigenvalue weighted by Crippen LogP contribution is 2.34. The quantitative estimate of drug-likeness (QED) is 0.916. The number of aryl methyl sites for hydroxylation is 1. The number of benzene rings is 2. The van der Waals surface area contributed by atoms with Gasteiger partial charge in [-0.2, -0.15) is 0 Å². The molecule has 0 saturated carbocycles. The zero-order valence-electron chi connectivity index (χ0n) is 11.3. The van der Waals surface area contributed by atoms with Crippen LogP contribution in [-0.4, -0.2) is 12.2 Å². The van der Waals surface area contributed by atoms with Crippen molar-refractivity contribution in [3.05, 3.63) is 65.0 Å². The van der Waals surface area contributed by atoms with Gasteiger partial charge in [0.15, 0.2) is 11.6 Å². The molecule has 0 heterocycles. The first-order chi connectivity index (χ1) is 8.96. The van der Waals surface area contributed by atoms with Crippen LogP contribution in [0.3, 0.4) is 0 Å². The van der Waals surface area contributed by atoms with Crippen LogP contribution < -0.4 is 4.74 Å². The summed E-state index contributed by atoms with van der Waals surface area (Å²) in [5, 5.41) is 10.7. The van der Waals surface area contributed by atoms with Crippen molar-refractivity contribution in [2.75, 3.05) is 7.11 Å². The van der Waals surface area contributed by atoms with Crippen LogP contribution in [-0.2, 0) is 5.60 Å². The van der Waals surface area contributed by atoms with E-state index in [0.29, 0.717) is 5.56 Å². The Balaban J connectivity index is 2.56. The molecule has 2 rings (SSSR count). The fourth-order valence-electron chi connectivity index (χ4n) is 2.15. The van der Waals surface area contributed by atoms with E-state index >= 15 is 0 Å². The maximum absolute atomic E-state index is 14.3.